The minimum atomic E-state index is 0.265. The fourth-order valence-electron chi connectivity index (χ4n) is 4.92. The van der Waals surface area contributed by atoms with Crippen LogP contribution in [0.1, 0.15) is 66.7 Å². The molecule has 0 aliphatic carbocycles. The maximum atomic E-state index is 3.94. The second-order valence-electron chi connectivity index (χ2n) is 9.97. The molecule has 4 saturated heterocycles. The quantitative estimate of drug-likeness (QED) is 0.825. The van der Waals surface area contributed by atoms with Crippen LogP contribution in [0.2, 0.25) is 0 Å². The summed E-state index contributed by atoms with van der Waals surface area (Å²) in [6.07, 6.45) is 6.70. The van der Waals surface area contributed by atoms with E-state index < -0.39 is 0 Å². The van der Waals surface area contributed by atoms with E-state index in [1.54, 1.807) is 0 Å². The smallest absolute Gasteiger partial charge is 0.0281 e. The highest BCUT2D eigenvalue weighted by molar-refractivity contribution is 5.00. The highest BCUT2D eigenvalue weighted by Gasteiger charge is 2.40. The van der Waals surface area contributed by atoms with Gasteiger partial charge in [0.2, 0.25) is 0 Å². The van der Waals surface area contributed by atoms with E-state index in [9.17, 15) is 0 Å². The maximum Gasteiger partial charge on any atom is 0.0281 e. The standard InChI is InChI=1S/C20H40N4/c1-19(2,3)23-11-6-7-16(10-12-23)22-15-20(4,5)24-14-17-8-9-18(24)13-21-17/h16-18,21-22H,6-15H2,1-5H3/t16-,17-,18-/m0/s1. The molecule has 140 valence electrons. The van der Waals surface area contributed by atoms with Crippen molar-refractivity contribution in [3.63, 3.8) is 0 Å². The molecule has 4 aliphatic heterocycles. The van der Waals surface area contributed by atoms with Crippen LogP contribution >= 0.6 is 0 Å². The van der Waals surface area contributed by atoms with E-state index in [-0.39, 0.29) is 5.54 Å². The van der Waals surface area contributed by atoms with Crippen molar-refractivity contribution in [2.24, 2.45) is 0 Å². The number of rotatable bonds is 4. The third-order valence-electron chi connectivity index (χ3n) is 6.63. The summed E-state index contributed by atoms with van der Waals surface area (Å²) in [5.41, 5.74) is 0.579. The highest BCUT2D eigenvalue weighted by Crippen LogP contribution is 2.29. The molecule has 0 amide bonds. The average Bonchev–Trinajstić information content (AvgIpc) is 2.79. The molecular weight excluding hydrogens is 296 g/mol. The lowest BCUT2D eigenvalue weighted by Crippen LogP contribution is -2.68. The molecule has 24 heavy (non-hydrogen) atoms. The fourth-order valence-corrected chi connectivity index (χ4v) is 4.92. The Morgan fingerprint density at radius 2 is 1.79 bits per heavy atom. The molecule has 4 aliphatic rings. The molecule has 0 unspecified atom stereocenters. The summed E-state index contributed by atoms with van der Waals surface area (Å²) in [5, 5.41) is 7.63. The molecule has 4 heteroatoms. The number of likely N-dealkylation sites (tertiary alicyclic amines) is 1. The molecular formula is C20H40N4. The predicted octanol–water partition coefficient (Wildman–Crippen LogP) is 2.44. The summed E-state index contributed by atoms with van der Waals surface area (Å²) in [6, 6.07) is 2.17. The minimum Gasteiger partial charge on any atom is -0.312 e. The van der Waals surface area contributed by atoms with Crippen LogP contribution in [0.3, 0.4) is 0 Å². The zero-order valence-corrected chi connectivity index (χ0v) is 16.7. The lowest BCUT2D eigenvalue weighted by molar-refractivity contribution is -0.00591. The summed E-state index contributed by atoms with van der Waals surface area (Å²) in [5.74, 6) is 0. The number of piperazine rings is 1. The predicted molar refractivity (Wildman–Crippen MR) is 103 cm³/mol. The van der Waals surface area contributed by atoms with Gasteiger partial charge in [-0.3, -0.25) is 9.80 Å². The van der Waals surface area contributed by atoms with Gasteiger partial charge in [-0.15, -0.1) is 0 Å². The van der Waals surface area contributed by atoms with Gasteiger partial charge in [-0.1, -0.05) is 0 Å². The second kappa shape index (κ2) is 7.22. The van der Waals surface area contributed by atoms with Gasteiger partial charge in [-0.05, 0) is 73.3 Å². The zero-order chi connectivity index (χ0) is 17.4. The summed E-state index contributed by atoms with van der Waals surface area (Å²) >= 11 is 0. The van der Waals surface area contributed by atoms with Gasteiger partial charge in [-0.25, -0.2) is 0 Å². The number of hydrogen-bond acceptors (Lipinski definition) is 4. The van der Waals surface area contributed by atoms with Crippen LogP contribution in [0.15, 0.2) is 0 Å². The third kappa shape index (κ3) is 4.32. The molecule has 0 aromatic rings. The Hall–Kier alpha value is -0.160. The molecule has 0 radical (unpaired) electrons. The van der Waals surface area contributed by atoms with Gasteiger partial charge in [0.15, 0.2) is 0 Å². The Labute approximate surface area is 149 Å². The summed E-state index contributed by atoms with van der Waals surface area (Å²) in [4.78, 5) is 5.44. The lowest BCUT2D eigenvalue weighted by Gasteiger charge is -2.53. The maximum absolute atomic E-state index is 3.94. The summed E-state index contributed by atoms with van der Waals surface area (Å²) in [6.45, 7) is 18.0. The van der Waals surface area contributed by atoms with E-state index in [0.29, 0.717) is 11.6 Å². The first-order chi connectivity index (χ1) is 11.3. The zero-order valence-electron chi connectivity index (χ0n) is 16.7. The number of nitrogens with zero attached hydrogens (tertiary/aromatic N) is 2. The van der Waals surface area contributed by atoms with Crippen molar-refractivity contribution in [2.45, 2.75) is 95.9 Å². The Morgan fingerprint density at radius 1 is 1.00 bits per heavy atom. The van der Waals surface area contributed by atoms with Gasteiger partial charge in [0.1, 0.15) is 0 Å². The molecule has 0 aromatic carbocycles. The lowest BCUT2D eigenvalue weighted by atomic mass is 9.87. The third-order valence-corrected chi connectivity index (χ3v) is 6.63. The van der Waals surface area contributed by atoms with Gasteiger partial charge in [0, 0.05) is 55.4 Å². The minimum absolute atomic E-state index is 0.265. The molecule has 4 nitrogen and oxygen atoms in total. The van der Waals surface area contributed by atoms with Crippen LogP contribution in [-0.4, -0.2) is 71.7 Å². The van der Waals surface area contributed by atoms with Gasteiger partial charge in [-0.2, -0.15) is 0 Å². The Kier molecular flexibility index (Phi) is 5.60. The largest absolute Gasteiger partial charge is 0.312 e. The molecule has 2 bridgehead atoms. The van der Waals surface area contributed by atoms with Crippen LogP contribution in [0.25, 0.3) is 0 Å². The van der Waals surface area contributed by atoms with E-state index in [1.807, 2.05) is 0 Å². The van der Waals surface area contributed by atoms with Crippen molar-refractivity contribution < 1.29 is 0 Å². The summed E-state index contributed by atoms with van der Waals surface area (Å²) in [7, 11) is 0. The SMILES string of the molecule is CC(C)(C)N1CCC[C@H](NCC(C)(C)N2C[C@@H]3CC[C@H]2CN3)CC1. The normalized spacial score (nSPS) is 33.6. The topological polar surface area (TPSA) is 30.5 Å². The van der Waals surface area contributed by atoms with Crippen molar-refractivity contribution in [3.05, 3.63) is 0 Å². The van der Waals surface area contributed by atoms with E-state index in [1.165, 1.54) is 58.3 Å². The first kappa shape index (κ1) is 18.6. The van der Waals surface area contributed by atoms with Crippen molar-refractivity contribution in [3.8, 4) is 0 Å². The van der Waals surface area contributed by atoms with Gasteiger partial charge >= 0.3 is 0 Å². The first-order valence-electron chi connectivity index (χ1n) is 10.2. The van der Waals surface area contributed by atoms with Crippen molar-refractivity contribution in [1.82, 2.24) is 20.4 Å². The molecule has 0 aromatic heterocycles. The fraction of sp³-hybridized carbons (Fsp3) is 1.00. The average molecular weight is 337 g/mol. The van der Waals surface area contributed by atoms with E-state index >= 15 is 0 Å². The molecule has 0 saturated carbocycles. The van der Waals surface area contributed by atoms with Crippen LogP contribution in [0, 0.1) is 0 Å². The monoisotopic (exact) mass is 336 g/mol. The highest BCUT2D eigenvalue weighted by atomic mass is 15.3. The number of piperidine rings is 2. The first-order valence-corrected chi connectivity index (χ1v) is 10.2. The molecule has 0 spiro atoms. The molecule has 4 fully saturated rings. The van der Waals surface area contributed by atoms with Crippen molar-refractivity contribution in [1.29, 1.82) is 0 Å². The van der Waals surface area contributed by atoms with Crippen LogP contribution in [0.4, 0.5) is 0 Å². The molecule has 4 rings (SSSR count). The number of fused-ring (bicyclic) bond motifs is 3. The Bertz CT molecular complexity index is 406. The van der Waals surface area contributed by atoms with Gasteiger partial charge in [0.25, 0.3) is 0 Å². The summed E-state index contributed by atoms with van der Waals surface area (Å²) < 4.78 is 0. The second-order valence-corrected chi connectivity index (χ2v) is 9.97. The van der Waals surface area contributed by atoms with Gasteiger partial charge in [0.05, 0.1) is 0 Å². The van der Waals surface area contributed by atoms with Crippen molar-refractivity contribution >= 4 is 0 Å². The molecule has 2 N–H and O–H groups in total. The van der Waals surface area contributed by atoms with E-state index in [2.05, 4.69) is 55.1 Å². The van der Waals surface area contributed by atoms with Crippen molar-refractivity contribution in [2.75, 3.05) is 32.7 Å². The van der Waals surface area contributed by atoms with E-state index in [0.717, 1.165) is 18.6 Å². The van der Waals surface area contributed by atoms with Gasteiger partial charge < -0.3 is 10.6 Å². The van der Waals surface area contributed by atoms with E-state index in [4.69, 9.17) is 0 Å². The molecule has 3 atom stereocenters. The molecule has 4 heterocycles. The van der Waals surface area contributed by atoms with Crippen LogP contribution in [0.5, 0.6) is 0 Å². The van der Waals surface area contributed by atoms with Crippen LogP contribution in [-0.2, 0) is 0 Å². The Balaban J connectivity index is 1.50. The van der Waals surface area contributed by atoms with Crippen LogP contribution < -0.4 is 10.6 Å². The number of nitrogens with one attached hydrogen (secondary N) is 2. The Morgan fingerprint density at radius 3 is 2.38 bits per heavy atom. The number of hydrogen-bond donors (Lipinski definition) is 2.